The van der Waals surface area contributed by atoms with Crippen LogP contribution in [0.5, 0.6) is 0 Å². The van der Waals surface area contributed by atoms with Gasteiger partial charge in [-0.3, -0.25) is 4.79 Å². The third kappa shape index (κ3) is 3.12. The number of carbonyl (C=O) groups is 1. The third-order valence-corrected chi connectivity index (χ3v) is 3.18. The second-order valence-electron chi connectivity index (χ2n) is 4.81. The van der Waals surface area contributed by atoms with E-state index in [0.717, 1.165) is 5.69 Å². The highest BCUT2D eigenvalue weighted by molar-refractivity contribution is 6.09. The van der Waals surface area contributed by atoms with E-state index >= 15 is 0 Å². The Bertz CT molecular complexity index is 605. The van der Waals surface area contributed by atoms with E-state index in [4.69, 9.17) is 10.8 Å². The molecule has 0 spiro atoms. The fraction of sp³-hybridized carbons (Fsp3) is 0.267. The molecular formula is C15H17FN2O2. The smallest absolute Gasteiger partial charge is 0.194 e. The summed E-state index contributed by atoms with van der Waals surface area (Å²) in [5, 5.41) is 8.97. The zero-order valence-electron chi connectivity index (χ0n) is 11.2. The van der Waals surface area contributed by atoms with Gasteiger partial charge in [0, 0.05) is 42.5 Å². The largest absolute Gasteiger partial charge is 0.395 e. The van der Waals surface area contributed by atoms with Crippen LogP contribution in [0.3, 0.4) is 0 Å². The first kappa shape index (κ1) is 14.4. The molecule has 1 unspecified atom stereocenters. The number of hydrogen-bond donors (Lipinski definition) is 2. The van der Waals surface area contributed by atoms with E-state index in [9.17, 15) is 9.18 Å². The Morgan fingerprint density at radius 2 is 2.00 bits per heavy atom. The minimum atomic E-state index is -0.371. The summed E-state index contributed by atoms with van der Waals surface area (Å²) >= 11 is 0. The summed E-state index contributed by atoms with van der Waals surface area (Å²) in [4.78, 5) is 12.3. The maximum Gasteiger partial charge on any atom is 0.194 e. The topological polar surface area (TPSA) is 68.2 Å². The maximum absolute atomic E-state index is 12.9. The Labute approximate surface area is 116 Å². The Hall–Kier alpha value is -1.98. The van der Waals surface area contributed by atoms with E-state index in [0.29, 0.717) is 17.5 Å². The van der Waals surface area contributed by atoms with Gasteiger partial charge in [0.05, 0.1) is 6.61 Å². The Balaban J connectivity index is 2.23. The van der Waals surface area contributed by atoms with Gasteiger partial charge in [-0.1, -0.05) is 0 Å². The highest BCUT2D eigenvalue weighted by Crippen LogP contribution is 2.15. The van der Waals surface area contributed by atoms with Crippen LogP contribution in [0.1, 0.15) is 21.6 Å². The van der Waals surface area contributed by atoms with Crippen molar-refractivity contribution < 1.29 is 14.3 Å². The molecule has 0 amide bonds. The van der Waals surface area contributed by atoms with Gasteiger partial charge in [-0.05, 0) is 30.3 Å². The van der Waals surface area contributed by atoms with Crippen LogP contribution in [0.2, 0.25) is 0 Å². The fourth-order valence-corrected chi connectivity index (χ4v) is 2.04. The van der Waals surface area contributed by atoms with Gasteiger partial charge in [0.25, 0.3) is 0 Å². The van der Waals surface area contributed by atoms with Crippen molar-refractivity contribution in [3.63, 3.8) is 0 Å². The lowest BCUT2D eigenvalue weighted by Crippen LogP contribution is -2.27. The number of ketones is 1. The van der Waals surface area contributed by atoms with Gasteiger partial charge in [-0.15, -0.1) is 0 Å². The molecule has 1 aromatic heterocycles. The molecule has 0 saturated carbocycles. The summed E-state index contributed by atoms with van der Waals surface area (Å²) < 4.78 is 14.7. The molecule has 5 heteroatoms. The van der Waals surface area contributed by atoms with Crippen LogP contribution in [-0.4, -0.2) is 28.1 Å². The van der Waals surface area contributed by atoms with Crippen molar-refractivity contribution in [1.29, 1.82) is 0 Å². The predicted molar refractivity (Wildman–Crippen MR) is 74.0 cm³/mol. The van der Waals surface area contributed by atoms with Crippen molar-refractivity contribution in [3.8, 4) is 0 Å². The second-order valence-corrected chi connectivity index (χ2v) is 4.81. The van der Waals surface area contributed by atoms with Crippen molar-refractivity contribution in [2.75, 3.05) is 6.61 Å². The van der Waals surface area contributed by atoms with Crippen molar-refractivity contribution in [3.05, 3.63) is 59.2 Å². The van der Waals surface area contributed by atoms with Crippen molar-refractivity contribution in [2.45, 2.75) is 12.5 Å². The average molecular weight is 276 g/mol. The van der Waals surface area contributed by atoms with Crippen LogP contribution in [0.25, 0.3) is 0 Å². The molecule has 20 heavy (non-hydrogen) atoms. The molecular weight excluding hydrogens is 259 g/mol. The molecule has 2 aromatic rings. The Morgan fingerprint density at radius 1 is 1.35 bits per heavy atom. The molecule has 0 radical (unpaired) electrons. The molecule has 4 nitrogen and oxygen atoms in total. The average Bonchev–Trinajstić information content (AvgIpc) is 2.80. The van der Waals surface area contributed by atoms with Crippen LogP contribution in [0.4, 0.5) is 4.39 Å². The molecule has 3 N–H and O–H groups in total. The van der Waals surface area contributed by atoms with Crippen LogP contribution in [-0.2, 0) is 13.5 Å². The summed E-state index contributed by atoms with van der Waals surface area (Å²) in [5.74, 6) is -0.534. The van der Waals surface area contributed by atoms with Gasteiger partial charge < -0.3 is 15.4 Å². The standard InChI is InChI=1S/C15H17FN2O2/c1-18-8-11(6-14(18)7-13(17)9-19)15(20)10-2-4-12(16)5-3-10/h2-6,8,13,19H,7,9,17H2,1H3. The molecule has 0 aliphatic carbocycles. The first-order valence-electron chi connectivity index (χ1n) is 6.33. The van der Waals surface area contributed by atoms with E-state index in [-0.39, 0.29) is 24.2 Å². The van der Waals surface area contributed by atoms with Gasteiger partial charge in [0.1, 0.15) is 5.82 Å². The van der Waals surface area contributed by atoms with Crippen molar-refractivity contribution in [1.82, 2.24) is 4.57 Å². The van der Waals surface area contributed by atoms with E-state index in [1.807, 2.05) is 11.6 Å². The highest BCUT2D eigenvalue weighted by atomic mass is 19.1. The molecule has 0 fully saturated rings. The second kappa shape index (κ2) is 5.98. The van der Waals surface area contributed by atoms with E-state index in [2.05, 4.69) is 0 Å². The highest BCUT2D eigenvalue weighted by Gasteiger charge is 2.14. The van der Waals surface area contributed by atoms with Gasteiger partial charge in [0.15, 0.2) is 5.78 Å². The molecule has 1 aromatic carbocycles. The molecule has 1 heterocycles. The van der Waals surface area contributed by atoms with Gasteiger partial charge in [0.2, 0.25) is 0 Å². The molecule has 1 atom stereocenters. The number of halogens is 1. The Morgan fingerprint density at radius 3 is 2.60 bits per heavy atom. The number of hydrogen-bond acceptors (Lipinski definition) is 3. The normalized spacial score (nSPS) is 12.4. The lowest BCUT2D eigenvalue weighted by Gasteiger charge is -2.08. The summed E-state index contributed by atoms with van der Waals surface area (Å²) in [7, 11) is 1.82. The number of aryl methyl sites for hydroxylation is 1. The SMILES string of the molecule is Cn1cc(C(=O)c2ccc(F)cc2)cc1CC(N)CO. The Kier molecular flexibility index (Phi) is 4.32. The zero-order valence-corrected chi connectivity index (χ0v) is 11.2. The van der Waals surface area contributed by atoms with Gasteiger partial charge >= 0.3 is 0 Å². The number of aromatic nitrogens is 1. The minimum absolute atomic E-state index is 0.105. The summed E-state index contributed by atoms with van der Waals surface area (Å²) in [6.07, 6.45) is 2.20. The maximum atomic E-state index is 12.9. The fourth-order valence-electron chi connectivity index (χ4n) is 2.04. The number of aliphatic hydroxyl groups is 1. The number of nitrogens with two attached hydrogens (primary N) is 1. The van der Waals surface area contributed by atoms with Crippen LogP contribution >= 0.6 is 0 Å². The lowest BCUT2D eigenvalue weighted by molar-refractivity contribution is 0.103. The summed E-state index contributed by atoms with van der Waals surface area (Å²) in [5.41, 5.74) is 7.54. The summed E-state index contributed by atoms with van der Waals surface area (Å²) in [6, 6.07) is 6.85. The zero-order chi connectivity index (χ0) is 14.7. The van der Waals surface area contributed by atoms with Crippen molar-refractivity contribution in [2.24, 2.45) is 12.8 Å². The van der Waals surface area contributed by atoms with E-state index < -0.39 is 0 Å². The molecule has 0 bridgehead atoms. The van der Waals surface area contributed by atoms with Gasteiger partial charge in [-0.25, -0.2) is 4.39 Å². The number of nitrogens with zero attached hydrogens (tertiary/aromatic N) is 1. The first-order chi connectivity index (χ1) is 9.51. The number of benzene rings is 1. The summed E-state index contributed by atoms with van der Waals surface area (Å²) in [6.45, 7) is -0.105. The first-order valence-corrected chi connectivity index (χ1v) is 6.33. The van der Waals surface area contributed by atoms with E-state index in [1.165, 1.54) is 24.3 Å². The monoisotopic (exact) mass is 276 g/mol. The molecule has 0 aliphatic heterocycles. The third-order valence-electron chi connectivity index (χ3n) is 3.18. The molecule has 0 saturated heterocycles. The van der Waals surface area contributed by atoms with Crippen LogP contribution in [0, 0.1) is 5.82 Å². The van der Waals surface area contributed by atoms with E-state index in [1.54, 1.807) is 12.3 Å². The predicted octanol–water partition coefficient (Wildman–Crippen LogP) is 1.26. The van der Waals surface area contributed by atoms with Crippen molar-refractivity contribution >= 4 is 5.78 Å². The quantitative estimate of drug-likeness (QED) is 0.808. The van der Waals surface area contributed by atoms with Crippen LogP contribution in [0.15, 0.2) is 36.5 Å². The molecule has 106 valence electrons. The number of aliphatic hydroxyl groups excluding tert-OH is 1. The minimum Gasteiger partial charge on any atom is -0.395 e. The van der Waals surface area contributed by atoms with Gasteiger partial charge in [-0.2, -0.15) is 0 Å². The van der Waals surface area contributed by atoms with Crippen LogP contribution < -0.4 is 5.73 Å². The molecule has 0 aliphatic rings. The molecule has 2 rings (SSSR count). The number of carbonyl (C=O) groups excluding carboxylic acids is 1. The number of rotatable bonds is 5. The lowest BCUT2D eigenvalue weighted by atomic mass is 10.1.